The Kier molecular flexibility index (Phi) is 4.50. The fourth-order valence-electron chi connectivity index (χ4n) is 3.31. The first-order chi connectivity index (χ1) is 12.1. The molecule has 1 aromatic carbocycles. The van der Waals surface area contributed by atoms with Crippen molar-refractivity contribution >= 4 is 11.3 Å². The average Bonchev–Trinajstić information content (AvgIpc) is 3.21. The third-order valence-corrected chi connectivity index (χ3v) is 4.68. The van der Waals surface area contributed by atoms with E-state index in [4.69, 9.17) is 5.73 Å². The summed E-state index contributed by atoms with van der Waals surface area (Å²) in [6.07, 6.45) is 4.29. The molecule has 0 atom stereocenters. The first-order valence-corrected chi connectivity index (χ1v) is 8.35. The summed E-state index contributed by atoms with van der Waals surface area (Å²) in [4.78, 5) is 4.22. The Morgan fingerprint density at radius 2 is 1.64 bits per heavy atom. The van der Waals surface area contributed by atoms with Crippen LogP contribution in [0.2, 0.25) is 0 Å². The number of nitrogens with zero attached hydrogens (tertiary/aromatic N) is 4. The topological polar surface area (TPSA) is 80.1 Å². The van der Waals surface area contributed by atoms with E-state index in [1.165, 1.54) is 0 Å². The van der Waals surface area contributed by atoms with E-state index in [0.29, 0.717) is 11.1 Å². The van der Waals surface area contributed by atoms with Gasteiger partial charge in [-0.1, -0.05) is 12.1 Å². The smallest absolute Gasteiger partial charge is 0.102 e. The Labute approximate surface area is 148 Å². The molecule has 1 fully saturated rings. The van der Waals surface area contributed by atoms with Crippen molar-refractivity contribution < 1.29 is 0 Å². The Morgan fingerprint density at radius 1 is 1.04 bits per heavy atom. The zero-order chi connectivity index (χ0) is 18.0. The monoisotopic (exact) mass is 331 g/mol. The summed E-state index contributed by atoms with van der Waals surface area (Å²) in [5, 5.41) is 19.2. The van der Waals surface area contributed by atoms with Crippen LogP contribution in [0, 0.1) is 22.7 Å². The minimum Gasteiger partial charge on any atom is -0.397 e. The van der Waals surface area contributed by atoms with Crippen LogP contribution >= 0.6 is 0 Å². The summed E-state index contributed by atoms with van der Waals surface area (Å²) >= 11 is 0. The molecule has 5 nitrogen and oxygen atoms in total. The standard InChI is InChI=1S/C20H21N5/c1-24(2)15-7-5-14(6-8-15)19-17(12-22)20(23)16(11-21)18(19)13-25-9-3-4-10-25/h5-8,13H,3-4,9-10,23H2,1-2H3/b18-13+. The molecule has 0 saturated carbocycles. The summed E-state index contributed by atoms with van der Waals surface area (Å²) in [6.45, 7) is 1.94. The highest BCUT2D eigenvalue weighted by Crippen LogP contribution is 2.41. The lowest BCUT2D eigenvalue weighted by Gasteiger charge is -2.16. The Morgan fingerprint density at radius 3 is 2.16 bits per heavy atom. The number of benzene rings is 1. The van der Waals surface area contributed by atoms with Crippen LogP contribution in [-0.2, 0) is 0 Å². The van der Waals surface area contributed by atoms with Crippen LogP contribution < -0.4 is 10.6 Å². The molecule has 0 spiro atoms. The minimum atomic E-state index is 0.280. The van der Waals surface area contributed by atoms with Crippen LogP contribution in [0.25, 0.3) is 5.57 Å². The molecule has 126 valence electrons. The lowest BCUT2D eigenvalue weighted by atomic mass is 9.95. The highest BCUT2D eigenvalue weighted by Gasteiger charge is 2.30. The maximum atomic E-state index is 9.62. The number of rotatable bonds is 3. The van der Waals surface area contributed by atoms with Gasteiger partial charge in [0.2, 0.25) is 0 Å². The summed E-state index contributed by atoms with van der Waals surface area (Å²) in [5.41, 5.74) is 10.7. The number of hydrogen-bond acceptors (Lipinski definition) is 5. The number of likely N-dealkylation sites (tertiary alicyclic amines) is 1. The molecular formula is C20H21N5. The fourth-order valence-corrected chi connectivity index (χ4v) is 3.31. The molecule has 3 rings (SSSR count). The molecule has 1 aliphatic carbocycles. The summed E-state index contributed by atoms with van der Waals surface area (Å²) in [7, 11) is 3.97. The molecule has 2 aliphatic rings. The molecule has 25 heavy (non-hydrogen) atoms. The van der Waals surface area contributed by atoms with E-state index in [1.54, 1.807) is 0 Å². The zero-order valence-corrected chi connectivity index (χ0v) is 14.6. The van der Waals surface area contributed by atoms with Crippen LogP contribution in [0.1, 0.15) is 18.4 Å². The third kappa shape index (κ3) is 2.97. The van der Waals surface area contributed by atoms with E-state index >= 15 is 0 Å². The van der Waals surface area contributed by atoms with Crippen LogP contribution in [0.15, 0.2) is 52.9 Å². The summed E-state index contributed by atoms with van der Waals surface area (Å²) in [5.74, 6) is 0. The van der Waals surface area contributed by atoms with E-state index < -0.39 is 0 Å². The van der Waals surface area contributed by atoms with Crippen molar-refractivity contribution in [2.75, 3.05) is 32.1 Å². The van der Waals surface area contributed by atoms with Crippen molar-refractivity contribution in [3.63, 3.8) is 0 Å². The highest BCUT2D eigenvalue weighted by molar-refractivity contribution is 5.96. The number of nitriles is 2. The molecule has 1 heterocycles. The van der Waals surface area contributed by atoms with E-state index in [-0.39, 0.29) is 5.70 Å². The van der Waals surface area contributed by atoms with E-state index in [9.17, 15) is 10.5 Å². The molecule has 1 aromatic rings. The number of hydrogen-bond donors (Lipinski definition) is 1. The van der Waals surface area contributed by atoms with Crippen molar-refractivity contribution in [3.8, 4) is 12.1 Å². The predicted molar refractivity (Wildman–Crippen MR) is 99.0 cm³/mol. The average molecular weight is 331 g/mol. The van der Waals surface area contributed by atoms with Gasteiger partial charge in [0.15, 0.2) is 0 Å². The first kappa shape index (κ1) is 16.7. The Hall–Kier alpha value is -3.18. The summed E-state index contributed by atoms with van der Waals surface area (Å²) < 4.78 is 0. The fraction of sp³-hybridized carbons (Fsp3) is 0.300. The first-order valence-electron chi connectivity index (χ1n) is 8.35. The largest absolute Gasteiger partial charge is 0.397 e. The van der Waals surface area contributed by atoms with Crippen LogP contribution in [-0.4, -0.2) is 32.1 Å². The van der Waals surface area contributed by atoms with Crippen LogP contribution in [0.4, 0.5) is 5.69 Å². The Bertz CT molecular complexity index is 851. The number of allylic oxidation sites excluding steroid dienone is 4. The maximum absolute atomic E-state index is 9.62. The van der Waals surface area contributed by atoms with Crippen molar-refractivity contribution in [3.05, 3.63) is 58.4 Å². The molecule has 0 aromatic heterocycles. The molecule has 0 bridgehead atoms. The van der Waals surface area contributed by atoms with E-state index in [1.807, 2.05) is 49.5 Å². The van der Waals surface area contributed by atoms with Gasteiger partial charge in [-0.15, -0.1) is 0 Å². The van der Waals surface area contributed by atoms with E-state index in [0.717, 1.165) is 48.3 Å². The minimum absolute atomic E-state index is 0.280. The lowest BCUT2D eigenvalue weighted by Crippen LogP contribution is -2.12. The van der Waals surface area contributed by atoms with Crippen molar-refractivity contribution in [1.82, 2.24) is 4.90 Å². The van der Waals surface area contributed by atoms with Gasteiger partial charge in [-0.3, -0.25) is 0 Å². The van der Waals surface area contributed by atoms with Gasteiger partial charge in [-0.25, -0.2) is 0 Å². The molecule has 5 heteroatoms. The van der Waals surface area contributed by atoms with Crippen molar-refractivity contribution in [2.45, 2.75) is 12.8 Å². The van der Waals surface area contributed by atoms with Crippen molar-refractivity contribution in [2.24, 2.45) is 5.73 Å². The molecule has 1 aliphatic heterocycles. The van der Waals surface area contributed by atoms with Crippen LogP contribution in [0.3, 0.4) is 0 Å². The molecule has 0 unspecified atom stereocenters. The molecule has 0 radical (unpaired) electrons. The van der Waals surface area contributed by atoms with Gasteiger partial charge in [-0.2, -0.15) is 10.5 Å². The zero-order valence-electron chi connectivity index (χ0n) is 14.6. The molecule has 2 N–H and O–H groups in total. The van der Waals surface area contributed by atoms with Gasteiger partial charge >= 0.3 is 0 Å². The number of nitrogens with two attached hydrogens (primary N) is 1. The third-order valence-electron chi connectivity index (χ3n) is 4.68. The Balaban J connectivity index is 2.12. The van der Waals surface area contributed by atoms with Gasteiger partial charge in [0, 0.05) is 50.2 Å². The number of anilines is 1. The van der Waals surface area contributed by atoms with Gasteiger partial charge < -0.3 is 15.5 Å². The van der Waals surface area contributed by atoms with Gasteiger partial charge in [0.05, 0.1) is 16.8 Å². The maximum Gasteiger partial charge on any atom is 0.102 e. The second kappa shape index (κ2) is 6.75. The highest BCUT2D eigenvalue weighted by atomic mass is 15.1. The van der Waals surface area contributed by atoms with Gasteiger partial charge in [-0.05, 0) is 30.5 Å². The normalized spacial score (nSPS) is 18.7. The van der Waals surface area contributed by atoms with Gasteiger partial charge in [0.1, 0.15) is 12.1 Å². The van der Waals surface area contributed by atoms with Crippen LogP contribution in [0.5, 0.6) is 0 Å². The quantitative estimate of drug-likeness (QED) is 0.921. The van der Waals surface area contributed by atoms with E-state index in [2.05, 4.69) is 17.0 Å². The predicted octanol–water partition coefficient (Wildman–Crippen LogP) is 2.76. The second-order valence-electron chi connectivity index (χ2n) is 6.49. The lowest BCUT2D eigenvalue weighted by molar-refractivity contribution is 0.466. The molecule has 0 amide bonds. The van der Waals surface area contributed by atoms with Crippen molar-refractivity contribution in [1.29, 1.82) is 10.5 Å². The second-order valence-corrected chi connectivity index (χ2v) is 6.49. The summed E-state index contributed by atoms with van der Waals surface area (Å²) in [6, 6.07) is 12.4. The van der Waals surface area contributed by atoms with Gasteiger partial charge in [0.25, 0.3) is 0 Å². The molecular weight excluding hydrogens is 310 g/mol. The SMILES string of the molecule is CN(C)c1ccc(C2=C(C#N)C(N)=C(C#N)/C2=C\N2CCCC2)cc1. The molecule has 1 saturated heterocycles.